The summed E-state index contributed by atoms with van der Waals surface area (Å²) in [5, 5.41) is 3.94. The first-order chi connectivity index (χ1) is 7.01. The molecule has 0 heterocycles. The van der Waals surface area contributed by atoms with Gasteiger partial charge in [-0.25, -0.2) is 5.43 Å². The van der Waals surface area contributed by atoms with Crippen molar-refractivity contribution in [2.75, 3.05) is 0 Å². The van der Waals surface area contributed by atoms with E-state index in [1.165, 1.54) is 18.9 Å². The lowest BCUT2D eigenvalue weighted by Crippen LogP contribution is -2.48. The molecule has 3 aliphatic rings. The van der Waals surface area contributed by atoms with Crippen LogP contribution in [0.2, 0.25) is 0 Å². The van der Waals surface area contributed by atoms with Crippen LogP contribution in [0.3, 0.4) is 0 Å². The summed E-state index contributed by atoms with van der Waals surface area (Å²) in [5.41, 5.74) is 4.16. The lowest BCUT2D eigenvalue weighted by Gasteiger charge is -2.55. The molecule has 1 saturated carbocycles. The second kappa shape index (κ2) is 3.47. The van der Waals surface area contributed by atoms with E-state index in [-0.39, 0.29) is 5.91 Å². The van der Waals surface area contributed by atoms with Crippen LogP contribution in [-0.2, 0) is 4.79 Å². The summed E-state index contributed by atoms with van der Waals surface area (Å²) in [6.07, 6.45) is 6.51. The third kappa shape index (κ3) is 1.71. The fourth-order valence-corrected chi connectivity index (χ4v) is 2.74. The van der Waals surface area contributed by atoms with Crippen LogP contribution in [-0.4, -0.2) is 12.1 Å². The number of nitrogens with zero attached hydrogens (tertiary/aromatic N) is 1. The van der Waals surface area contributed by atoms with E-state index in [2.05, 4.69) is 30.5 Å². The largest absolute Gasteiger partial charge is 0.274 e. The van der Waals surface area contributed by atoms with Crippen molar-refractivity contribution in [1.82, 2.24) is 5.43 Å². The molecule has 0 radical (unpaired) electrons. The molecule has 3 rings (SSSR count). The molecule has 2 bridgehead atoms. The Morgan fingerprint density at radius 1 is 1.67 bits per heavy atom. The van der Waals surface area contributed by atoms with Crippen molar-refractivity contribution in [2.24, 2.45) is 22.4 Å². The fraction of sp³-hybridized carbons (Fsp3) is 0.667. The zero-order valence-electron chi connectivity index (χ0n) is 9.58. The topological polar surface area (TPSA) is 41.5 Å². The van der Waals surface area contributed by atoms with Gasteiger partial charge in [-0.05, 0) is 35.7 Å². The Morgan fingerprint density at radius 2 is 2.40 bits per heavy atom. The van der Waals surface area contributed by atoms with E-state index in [1.807, 2.05) is 6.21 Å². The summed E-state index contributed by atoms with van der Waals surface area (Å²) in [5.74, 6) is 1.36. The highest BCUT2D eigenvalue weighted by atomic mass is 16.2. The molecular formula is C12H18N2O. The highest BCUT2D eigenvalue weighted by Gasteiger charge is 2.50. The Morgan fingerprint density at radius 3 is 2.93 bits per heavy atom. The van der Waals surface area contributed by atoms with Gasteiger partial charge in [0.2, 0.25) is 5.91 Å². The second-order valence-corrected chi connectivity index (χ2v) is 5.17. The number of amides is 1. The van der Waals surface area contributed by atoms with Gasteiger partial charge in [0.1, 0.15) is 0 Å². The third-order valence-corrected chi connectivity index (χ3v) is 3.95. The SMILES string of the molecule is CC(=O)N/N=C/C1=CC[C@H]2C[C@H]1C2(C)C. The van der Waals surface area contributed by atoms with Crippen LogP contribution in [0, 0.1) is 17.3 Å². The van der Waals surface area contributed by atoms with Crippen LogP contribution < -0.4 is 5.43 Å². The Labute approximate surface area is 90.6 Å². The third-order valence-electron chi connectivity index (χ3n) is 3.95. The Balaban J connectivity index is 2.02. The number of carbonyl (C=O) groups is 1. The molecule has 0 spiro atoms. The molecule has 82 valence electrons. The molecule has 1 fully saturated rings. The van der Waals surface area contributed by atoms with Gasteiger partial charge >= 0.3 is 0 Å². The average molecular weight is 206 g/mol. The number of carbonyl (C=O) groups excluding carboxylic acids is 1. The van der Waals surface area contributed by atoms with Gasteiger partial charge in [0.15, 0.2) is 0 Å². The maximum Gasteiger partial charge on any atom is 0.236 e. The molecule has 2 atom stereocenters. The number of rotatable bonds is 2. The first-order valence-electron chi connectivity index (χ1n) is 5.51. The van der Waals surface area contributed by atoms with Crippen LogP contribution in [0.25, 0.3) is 0 Å². The number of nitrogens with one attached hydrogen (secondary N) is 1. The maximum atomic E-state index is 10.7. The summed E-state index contributed by atoms with van der Waals surface area (Å²) < 4.78 is 0. The van der Waals surface area contributed by atoms with Crippen molar-refractivity contribution >= 4 is 12.1 Å². The normalized spacial score (nSPS) is 32.1. The summed E-state index contributed by atoms with van der Waals surface area (Å²) in [7, 11) is 0. The minimum Gasteiger partial charge on any atom is -0.274 e. The van der Waals surface area contributed by atoms with Gasteiger partial charge in [0.25, 0.3) is 0 Å². The summed E-state index contributed by atoms with van der Waals surface area (Å²) >= 11 is 0. The molecular weight excluding hydrogens is 188 g/mol. The number of hydrogen-bond acceptors (Lipinski definition) is 2. The van der Waals surface area contributed by atoms with E-state index >= 15 is 0 Å². The quantitative estimate of drug-likeness (QED) is 0.545. The predicted molar refractivity (Wildman–Crippen MR) is 60.4 cm³/mol. The molecule has 3 aliphatic carbocycles. The molecule has 3 heteroatoms. The van der Waals surface area contributed by atoms with E-state index < -0.39 is 0 Å². The number of fused-ring (bicyclic) bond motifs is 1. The Hall–Kier alpha value is -1.12. The van der Waals surface area contributed by atoms with Gasteiger partial charge in [-0.2, -0.15) is 5.10 Å². The lowest BCUT2D eigenvalue weighted by atomic mass is 9.49. The molecule has 0 unspecified atom stereocenters. The van der Waals surface area contributed by atoms with Gasteiger partial charge in [0, 0.05) is 6.92 Å². The smallest absolute Gasteiger partial charge is 0.236 e. The standard InChI is InChI=1S/C12H18N2O/c1-8(15)14-13-7-9-4-5-10-6-11(9)12(10,2)3/h4,7,10-11H,5-6H2,1-3H3,(H,14,15)/b13-7+/t10-,11+/m0/s1. The van der Waals surface area contributed by atoms with Crippen LogP contribution in [0.1, 0.15) is 33.6 Å². The van der Waals surface area contributed by atoms with Crippen molar-refractivity contribution in [2.45, 2.75) is 33.6 Å². The van der Waals surface area contributed by atoms with E-state index in [4.69, 9.17) is 0 Å². The second-order valence-electron chi connectivity index (χ2n) is 5.17. The Kier molecular flexibility index (Phi) is 2.41. The highest BCUT2D eigenvalue weighted by molar-refractivity contribution is 5.82. The monoisotopic (exact) mass is 206 g/mol. The zero-order valence-corrected chi connectivity index (χ0v) is 9.58. The molecule has 0 aliphatic heterocycles. The van der Waals surface area contributed by atoms with Crippen LogP contribution in [0.15, 0.2) is 16.8 Å². The fourth-order valence-electron chi connectivity index (χ4n) is 2.74. The number of allylic oxidation sites excluding steroid dienone is 2. The molecule has 1 amide bonds. The van der Waals surface area contributed by atoms with Gasteiger partial charge in [-0.1, -0.05) is 19.9 Å². The van der Waals surface area contributed by atoms with E-state index in [0.717, 1.165) is 12.3 Å². The molecule has 0 saturated heterocycles. The summed E-state index contributed by atoms with van der Waals surface area (Å²) in [6, 6.07) is 0. The van der Waals surface area contributed by atoms with Gasteiger partial charge in [-0.3, -0.25) is 4.79 Å². The van der Waals surface area contributed by atoms with Gasteiger partial charge < -0.3 is 0 Å². The molecule has 0 aromatic heterocycles. The van der Waals surface area contributed by atoms with E-state index in [9.17, 15) is 4.79 Å². The molecule has 1 N–H and O–H groups in total. The van der Waals surface area contributed by atoms with E-state index in [0.29, 0.717) is 11.3 Å². The van der Waals surface area contributed by atoms with Crippen LogP contribution in [0.4, 0.5) is 0 Å². The Bertz CT molecular complexity index is 342. The molecule has 0 aromatic rings. The van der Waals surface area contributed by atoms with E-state index in [1.54, 1.807) is 0 Å². The van der Waals surface area contributed by atoms with Gasteiger partial charge in [-0.15, -0.1) is 0 Å². The molecule has 3 nitrogen and oxygen atoms in total. The van der Waals surface area contributed by atoms with Crippen LogP contribution in [0.5, 0.6) is 0 Å². The minimum atomic E-state index is -0.117. The van der Waals surface area contributed by atoms with Crippen molar-refractivity contribution in [3.05, 3.63) is 11.6 Å². The predicted octanol–water partition coefficient (Wildman–Crippen LogP) is 2.10. The van der Waals surface area contributed by atoms with Crippen molar-refractivity contribution < 1.29 is 4.79 Å². The maximum absolute atomic E-state index is 10.7. The summed E-state index contributed by atoms with van der Waals surface area (Å²) in [4.78, 5) is 10.7. The number of hydrogen-bond donors (Lipinski definition) is 1. The molecule has 15 heavy (non-hydrogen) atoms. The molecule has 0 aromatic carbocycles. The highest BCUT2D eigenvalue weighted by Crippen LogP contribution is 2.58. The first kappa shape index (κ1) is 10.4. The summed E-state index contributed by atoms with van der Waals surface area (Å²) in [6.45, 7) is 6.12. The minimum absolute atomic E-state index is 0.117. The lowest BCUT2D eigenvalue weighted by molar-refractivity contribution is -0.118. The van der Waals surface area contributed by atoms with Crippen molar-refractivity contribution in [1.29, 1.82) is 0 Å². The van der Waals surface area contributed by atoms with Crippen molar-refractivity contribution in [3.63, 3.8) is 0 Å². The average Bonchev–Trinajstić information content (AvgIpc) is 2.17. The van der Waals surface area contributed by atoms with Crippen LogP contribution >= 0.6 is 0 Å². The number of hydrazone groups is 1. The van der Waals surface area contributed by atoms with Gasteiger partial charge in [0.05, 0.1) is 6.21 Å². The van der Waals surface area contributed by atoms with Crippen molar-refractivity contribution in [3.8, 4) is 0 Å². The first-order valence-corrected chi connectivity index (χ1v) is 5.51. The zero-order chi connectivity index (χ0) is 11.1.